The number of carbonyl (C=O) groups is 1. The van der Waals surface area contributed by atoms with E-state index in [2.05, 4.69) is 3.53 Å². The monoisotopic (exact) mass is 246 g/mol. The van der Waals surface area contributed by atoms with E-state index in [1.165, 1.54) is 3.57 Å². The molecular weight excluding hydrogens is 241 g/mol. The minimum absolute atomic E-state index is 0.100. The predicted octanol–water partition coefficient (Wildman–Crippen LogP) is -2.40. The molecule has 0 aromatic heterocycles. The van der Waals surface area contributed by atoms with Crippen molar-refractivity contribution < 1.29 is 26.3 Å². The van der Waals surface area contributed by atoms with Crippen LogP contribution in [0.2, 0.25) is 0 Å². The van der Waals surface area contributed by atoms with Gasteiger partial charge < -0.3 is 0 Å². The Morgan fingerprint density at radius 2 is 2.10 bits per heavy atom. The summed E-state index contributed by atoms with van der Waals surface area (Å²) in [5.41, 5.74) is 0.871. The molecule has 0 atom stereocenters. The predicted molar refractivity (Wildman–Crippen MR) is 32.6 cm³/mol. The molecule has 0 radical (unpaired) electrons. The van der Waals surface area contributed by atoms with E-state index in [-0.39, 0.29) is 27.4 Å². The van der Waals surface area contributed by atoms with Crippen LogP contribution in [0, 0.1) is 3.57 Å². The second-order valence-electron chi connectivity index (χ2n) is 2.00. The number of hydrogen-bond acceptors (Lipinski definition) is 1. The van der Waals surface area contributed by atoms with Crippen molar-refractivity contribution in [1.29, 1.82) is 0 Å². The molecule has 0 aliphatic carbocycles. The summed E-state index contributed by atoms with van der Waals surface area (Å²) in [4.78, 5) is 11.0. The molecule has 1 heterocycles. The molecule has 1 aromatic rings. The van der Waals surface area contributed by atoms with Gasteiger partial charge in [-0.1, -0.05) is 0 Å². The number of nitrogens with one attached hydrogen (secondary N) is 1. The molecular formula is C7H5INO-. The van der Waals surface area contributed by atoms with Gasteiger partial charge in [0.2, 0.25) is 0 Å². The molecule has 0 saturated carbocycles. The summed E-state index contributed by atoms with van der Waals surface area (Å²) in [6, 6.07) is 7.75. The second-order valence-corrected chi connectivity index (χ2v) is 4.24. The summed E-state index contributed by atoms with van der Waals surface area (Å²) in [5.74, 6) is 0.100. The minimum atomic E-state index is -0.217. The molecule has 2 nitrogen and oxygen atoms in total. The third-order valence-corrected chi connectivity index (χ3v) is 3.63. The molecule has 1 aliphatic rings. The van der Waals surface area contributed by atoms with Gasteiger partial charge in [-0.05, 0) is 0 Å². The SMILES string of the molecule is O=C1N[I-]c2ccccc21. The van der Waals surface area contributed by atoms with Crippen molar-refractivity contribution >= 4 is 5.91 Å². The average Bonchev–Trinajstić information content (AvgIpc) is 2.34. The van der Waals surface area contributed by atoms with Crippen LogP contribution in [0.4, 0.5) is 0 Å². The number of benzene rings is 1. The Bertz CT molecular complexity index is 285. The van der Waals surface area contributed by atoms with Gasteiger partial charge in [-0.15, -0.1) is 0 Å². The van der Waals surface area contributed by atoms with Gasteiger partial charge in [-0.3, -0.25) is 0 Å². The zero-order valence-corrected chi connectivity index (χ0v) is 7.25. The third-order valence-electron chi connectivity index (χ3n) is 1.35. The van der Waals surface area contributed by atoms with Gasteiger partial charge in [0.15, 0.2) is 0 Å². The van der Waals surface area contributed by atoms with Crippen LogP contribution >= 0.6 is 0 Å². The second kappa shape index (κ2) is 2.23. The molecule has 52 valence electrons. The first-order chi connectivity index (χ1) is 4.88. The van der Waals surface area contributed by atoms with Crippen molar-refractivity contribution in [2.75, 3.05) is 0 Å². The van der Waals surface area contributed by atoms with E-state index in [0.29, 0.717) is 0 Å². The molecule has 1 amide bonds. The quantitative estimate of drug-likeness (QED) is 0.401. The van der Waals surface area contributed by atoms with E-state index >= 15 is 0 Å². The number of amides is 1. The Labute approximate surface area is 69.2 Å². The van der Waals surface area contributed by atoms with E-state index in [1.54, 1.807) is 0 Å². The normalized spacial score (nSPS) is 15.4. The molecule has 0 saturated heterocycles. The van der Waals surface area contributed by atoms with Gasteiger partial charge in [-0.2, -0.15) is 0 Å². The van der Waals surface area contributed by atoms with Gasteiger partial charge in [0.05, 0.1) is 0 Å². The van der Waals surface area contributed by atoms with Crippen molar-refractivity contribution in [1.82, 2.24) is 3.53 Å². The molecule has 3 heteroatoms. The molecule has 2 rings (SSSR count). The van der Waals surface area contributed by atoms with E-state index < -0.39 is 0 Å². The van der Waals surface area contributed by atoms with E-state index in [9.17, 15) is 4.79 Å². The van der Waals surface area contributed by atoms with Crippen molar-refractivity contribution in [3.8, 4) is 0 Å². The van der Waals surface area contributed by atoms with Crippen LogP contribution in [0.25, 0.3) is 0 Å². The first-order valence-electron chi connectivity index (χ1n) is 2.91. The summed E-state index contributed by atoms with van der Waals surface area (Å²) in [6.07, 6.45) is 0. The fraction of sp³-hybridized carbons (Fsp3) is 0. The molecule has 0 fully saturated rings. The summed E-state index contributed by atoms with van der Waals surface area (Å²) in [7, 11) is 0. The average molecular weight is 246 g/mol. The van der Waals surface area contributed by atoms with Crippen molar-refractivity contribution in [3.05, 3.63) is 33.4 Å². The topological polar surface area (TPSA) is 29.1 Å². The Morgan fingerprint density at radius 1 is 1.30 bits per heavy atom. The van der Waals surface area contributed by atoms with E-state index in [1.807, 2.05) is 24.3 Å². The molecule has 1 aliphatic heterocycles. The maximum absolute atomic E-state index is 11.0. The van der Waals surface area contributed by atoms with Crippen LogP contribution in [0.15, 0.2) is 24.3 Å². The third kappa shape index (κ3) is 0.811. The van der Waals surface area contributed by atoms with Crippen LogP contribution in [0.5, 0.6) is 0 Å². The number of rotatable bonds is 0. The van der Waals surface area contributed by atoms with Gasteiger partial charge in [0.1, 0.15) is 0 Å². The van der Waals surface area contributed by atoms with Crippen LogP contribution in [0.1, 0.15) is 10.4 Å². The van der Waals surface area contributed by atoms with E-state index in [0.717, 1.165) is 5.56 Å². The number of carbonyl (C=O) groups excluding carboxylic acids is 1. The summed E-state index contributed by atoms with van der Waals surface area (Å²) >= 11 is -0.217. The van der Waals surface area contributed by atoms with Crippen LogP contribution in [-0.4, -0.2) is 5.91 Å². The van der Waals surface area contributed by atoms with Crippen molar-refractivity contribution in [3.63, 3.8) is 0 Å². The van der Waals surface area contributed by atoms with Gasteiger partial charge in [0, 0.05) is 0 Å². The molecule has 0 spiro atoms. The van der Waals surface area contributed by atoms with Gasteiger partial charge >= 0.3 is 69.1 Å². The van der Waals surface area contributed by atoms with Crippen LogP contribution in [0.3, 0.4) is 0 Å². The summed E-state index contributed by atoms with van der Waals surface area (Å²) in [5, 5.41) is 0. The standard InChI is InChI=1S/C7H5INO/c10-7-5-3-1-2-4-6(5)8-9-7/h1-4H,(H,9,10)/q-1. The molecule has 1 N–H and O–H groups in total. The number of hydrogen-bond donors (Lipinski definition) is 1. The number of halogens is 1. The first kappa shape index (κ1) is 6.15. The fourth-order valence-electron chi connectivity index (χ4n) is 0.872. The number of fused-ring (bicyclic) bond motifs is 1. The van der Waals surface area contributed by atoms with E-state index in [4.69, 9.17) is 0 Å². The zero-order valence-electron chi connectivity index (χ0n) is 5.10. The van der Waals surface area contributed by atoms with Crippen LogP contribution in [-0.2, 0) is 0 Å². The van der Waals surface area contributed by atoms with Crippen molar-refractivity contribution in [2.24, 2.45) is 0 Å². The van der Waals surface area contributed by atoms with Crippen LogP contribution < -0.4 is 25.0 Å². The Hall–Kier alpha value is -0.580. The summed E-state index contributed by atoms with van der Waals surface area (Å²) < 4.78 is 4.07. The molecule has 1 aromatic carbocycles. The zero-order chi connectivity index (χ0) is 6.97. The van der Waals surface area contributed by atoms with Gasteiger partial charge in [-0.25, -0.2) is 0 Å². The molecule has 10 heavy (non-hydrogen) atoms. The Kier molecular flexibility index (Phi) is 1.37. The Morgan fingerprint density at radius 3 is 2.90 bits per heavy atom. The summed E-state index contributed by atoms with van der Waals surface area (Å²) in [6.45, 7) is 0. The fourth-order valence-corrected chi connectivity index (χ4v) is 2.80. The maximum atomic E-state index is 11.0. The van der Waals surface area contributed by atoms with Gasteiger partial charge in [0.25, 0.3) is 0 Å². The first-order valence-corrected chi connectivity index (χ1v) is 5.07. The Balaban J connectivity index is 2.61. The van der Waals surface area contributed by atoms with Crippen molar-refractivity contribution in [2.45, 2.75) is 0 Å². The molecule has 0 unspecified atom stereocenters. The molecule has 0 bridgehead atoms.